The first-order chi connectivity index (χ1) is 15.9. The number of piperidine rings is 1. The molecule has 3 heterocycles. The van der Waals surface area contributed by atoms with Crippen molar-refractivity contribution in [3.8, 4) is 0 Å². The monoisotopic (exact) mass is 463 g/mol. The van der Waals surface area contributed by atoms with Crippen LogP contribution in [0.2, 0.25) is 0 Å². The third-order valence-electron chi connectivity index (χ3n) is 7.11. The summed E-state index contributed by atoms with van der Waals surface area (Å²) in [7, 11) is 0. The number of halogens is 4. The minimum Gasteiger partial charge on any atom is -0.370 e. The zero-order valence-corrected chi connectivity index (χ0v) is 18.6. The summed E-state index contributed by atoms with van der Waals surface area (Å²) in [6.45, 7) is 4.41. The minimum atomic E-state index is -4.51. The molecule has 0 spiro atoms. The Morgan fingerprint density at radius 3 is 2.70 bits per heavy atom. The third kappa shape index (κ3) is 5.01. The molecule has 0 radical (unpaired) electrons. The van der Waals surface area contributed by atoms with Gasteiger partial charge in [-0.15, -0.1) is 0 Å². The quantitative estimate of drug-likeness (QED) is 0.510. The van der Waals surface area contributed by atoms with E-state index in [1.54, 1.807) is 0 Å². The Kier molecular flexibility index (Phi) is 6.31. The number of hydrogen-bond donors (Lipinski definition) is 0. The van der Waals surface area contributed by atoms with Crippen LogP contribution in [0.3, 0.4) is 0 Å². The lowest BCUT2D eigenvalue weighted by Gasteiger charge is -2.32. The van der Waals surface area contributed by atoms with Crippen LogP contribution in [0.1, 0.15) is 66.5 Å². The lowest BCUT2D eigenvalue weighted by atomic mass is 9.90. The van der Waals surface area contributed by atoms with Gasteiger partial charge in [0.05, 0.1) is 30.1 Å². The second-order valence-corrected chi connectivity index (χ2v) is 9.41. The first kappa shape index (κ1) is 22.6. The topological polar surface area (TPSA) is 30.3 Å². The van der Waals surface area contributed by atoms with Crippen molar-refractivity contribution in [2.24, 2.45) is 5.92 Å². The fourth-order valence-corrected chi connectivity index (χ4v) is 5.40. The summed E-state index contributed by atoms with van der Waals surface area (Å²) in [5.41, 5.74) is 1.79. The average molecular weight is 464 g/mol. The number of nitrogens with zero attached hydrogens (tertiary/aromatic N) is 3. The van der Waals surface area contributed by atoms with Crippen molar-refractivity contribution in [3.05, 3.63) is 58.4 Å². The van der Waals surface area contributed by atoms with Crippen molar-refractivity contribution in [2.75, 3.05) is 19.7 Å². The molecule has 33 heavy (non-hydrogen) atoms. The number of benzene rings is 1. The highest BCUT2D eigenvalue weighted by atomic mass is 19.4. The maximum Gasteiger partial charge on any atom is 0.416 e. The van der Waals surface area contributed by atoms with Gasteiger partial charge in [-0.05, 0) is 81.0 Å². The highest BCUT2D eigenvalue weighted by Crippen LogP contribution is 2.35. The van der Waals surface area contributed by atoms with Crippen LogP contribution in [0, 0.1) is 11.7 Å². The summed E-state index contributed by atoms with van der Waals surface area (Å²) in [4.78, 5) is 7.33. The van der Waals surface area contributed by atoms with Gasteiger partial charge in [0.2, 0.25) is 0 Å². The number of rotatable bonds is 6. The Hall–Kier alpha value is -2.19. The Morgan fingerprint density at radius 1 is 1.09 bits per heavy atom. The molecule has 0 N–H and O–H groups in total. The Bertz CT molecular complexity index is 1020. The maximum absolute atomic E-state index is 13.6. The largest absolute Gasteiger partial charge is 0.416 e. The molecule has 2 aromatic rings. The summed E-state index contributed by atoms with van der Waals surface area (Å²) in [5, 5.41) is 0. The van der Waals surface area contributed by atoms with Gasteiger partial charge in [-0.2, -0.15) is 13.2 Å². The number of likely N-dealkylation sites (tertiary alicyclic amines) is 1. The lowest BCUT2D eigenvalue weighted by molar-refractivity contribution is -0.137. The lowest BCUT2D eigenvalue weighted by Crippen LogP contribution is -2.34. The predicted octanol–water partition coefficient (Wildman–Crippen LogP) is 5.76. The van der Waals surface area contributed by atoms with E-state index < -0.39 is 17.6 Å². The van der Waals surface area contributed by atoms with Crippen LogP contribution in [-0.4, -0.2) is 34.1 Å². The highest BCUT2D eigenvalue weighted by molar-refractivity contribution is 5.52. The van der Waals surface area contributed by atoms with Gasteiger partial charge in [0, 0.05) is 6.54 Å². The molecular weight excluding hydrogens is 434 g/mol. The van der Waals surface area contributed by atoms with Crippen LogP contribution in [-0.2, 0) is 30.4 Å². The number of imidazole rings is 1. The molecule has 1 saturated heterocycles. The molecule has 2 aliphatic heterocycles. The summed E-state index contributed by atoms with van der Waals surface area (Å²) in [6, 6.07) is 2.86. The van der Waals surface area contributed by atoms with E-state index in [9.17, 15) is 17.6 Å². The third-order valence-corrected chi connectivity index (χ3v) is 7.11. The molecule has 8 heteroatoms. The second-order valence-electron chi connectivity index (χ2n) is 9.41. The molecule has 5 rings (SSSR count). The van der Waals surface area contributed by atoms with Gasteiger partial charge in [0.1, 0.15) is 17.7 Å². The Morgan fingerprint density at radius 2 is 1.91 bits per heavy atom. The first-order valence-corrected chi connectivity index (χ1v) is 11.8. The van der Waals surface area contributed by atoms with E-state index in [0.717, 1.165) is 82.5 Å². The number of aryl methyl sites for hydroxylation is 1. The van der Waals surface area contributed by atoms with Crippen molar-refractivity contribution >= 4 is 6.08 Å². The zero-order valence-electron chi connectivity index (χ0n) is 18.6. The van der Waals surface area contributed by atoms with Crippen LogP contribution < -0.4 is 0 Å². The molecule has 3 aliphatic rings. The minimum absolute atomic E-state index is 0.135. The summed E-state index contributed by atoms with van der Waals surface area (Å²) >= 11 is 0. The van der Waals surface area contributed by atoms with E-state index in [1.807, 2.05) is 0 Å². The summed E-state index contributed by atoms with van der Waals surface area (Å²) < 4.78 is 60.5. The molecule has 1 fully saturated rings. The van der Waals surface area contributed by atoms with Gasteiger partial charge in [0.15, 0.2) is 0 Å². The highest BCUT2D eigenvalue weighted by Gasteiger charge is 2.32. The van der Waals surface area contributed by atoms with Gasteiger partial charge >= 0.3 is 6.18 Å². The van der Waals surface area contributed by atoms with Crippen LogP contribution in [0.25, 0.3) is 6.08 Å². The molecule has 0 amide bonds. The average Bonchev–Trinajstić information content (AvgIpc) is 3.13. The van der Waals surface area contributed by atoms with Gasteiger partial charge in [-0.25, -0.2) is 9.37 Å². The Balaban J connectivity index is 1.11. The molecule has 1 atom stereocenters. The molecule has 0 saturated carbocycles. The normalized spacial score (nSPS) is 21.4. The Labute approximate surface area is 191 Å². The molecule has 0 bridgehead atoms. The molecule has 1 aromatic carbocycles. The molecule has 178 valence electrons. The first-order valence-electron chi connectivity index (χ1n) is 11.8. The van der Waals surface area contributed by atoms with E-state index in [-0.39, 0.29) is 6.10 Å². The molecule has 4 nitrogen and oxygen atoms in total. The number of ether oxygens (including phenoxy) is 1. The number of aromatic nitrogens is 2. The zero-order chi connectivity index (χ0) is 23.0. The van der Waals surface area contributed by atoms with Gasteiger partial charge in [-0.1, -0.05) is 12.5 Å². The van der Waals surface area contributed by atoms with Crippen molar-refractivity contribution in [1.29, 1.82) is 0 Å². The van der Waals surface area contributed by atoms with Crippen LogP contribution in [0.4, 0.5) is 17.6 Å². The summed E-state index contributed by atoms with van der Waals surface area (Å²) in [5.74, 6) is 0.857. The van der Waals surface area contributed by atoms with Gasteiger partial charge in [0.25, 0.3) is 0 Å². The van der Waals surface area contributed by atoms with Crippen LogP contribution in [0.5, 0.6) is 0 Å². The molecule has 1 aliphatic carbocycles. The smallest absolute Gasteiger partial charge is 0.370 e. The number of hydrogen-bond acceptors (Lipinski definition) is 3. The van der Waals surface area contributed by atoms with Crippen molar-refractivity contribution in [1.82, 2.24) is 14.5 Å². The standard InChI is InChI=1S/C25H29F4N3O/c26-20-14-18(13-19(15-20)25(27,28)29)4-1-3-17-7-9-31(10-8-17)16-23-30-21-5-2-6-22-24(21)32(23)11-12-33-22/h2,5,13-15,17,22H,1,3-4,6-12,16H2. The van der Waals surface area contributed by atoms with E-state index in [0.29, 0.717) is 24.0 Å². The van der Waals surface area contributed by atoms with Crippen molar-refractivity contribution in [3.63, 3.8) is 0 Å². The fraction of sp³-hybridized carbons (Fsp3) is 0.560. The predicted molar refractivity (Wildman–Crippen MR) is 117 cm³/mol. The van der Waals surface area contributed by atoms with E-state index in [1.165, 1.54) is 11.8 Å². The van der Waals surface area contributed by atoms with Crippen LogP contribution >= 0.6 is 0 Å². The van der Waals surface area contributed by atoms with E-state index in [2.05, 4.69) is 21.6 Å². The summed E-state index contributed by atoms with van der Waals surface area (Å²) in [6.07, 6.45) is 5.12. The molecule has 1 aromatic heterocycles. The van der Waals surface area contributed by atoms with E-state index >= 15 is 0 Å². The van der Waals surface area contributed by atoms with Crippen molar-refractivity contribution in [2.45, 2.75) is 63.9 Å². The van der Waals surface area contributed by atoms with Gasteiger partial charge < -0.3 is 9.30 Å². The SMILES string of the molecule is Fc1cc(CCCC2CCN(Cc3nc4c5n3CCOC5CC=C4)CC2)cc(C(F)(F)F)c1. The molecular formula is C25H29F4N3O. The van der Waals surface area contributed by atoms with E-state index in [4.69, 9.17) is 9.72 Å². The van der Waals surface area contributed by atoms with Crippen molar-refractivity contribution < 1.29 is 22.3 Å². The fourth-order valence-electron chi connectivity index (χ4n) is 5.40. The van der Waals surface area contributed by atoms with Crippen LogP contribution in [0.15, 0.2) is 24.3 Å². The van der Waals surface area contributed by atoms with Gasteiger partial charge in [-0.3, -0.25) is 4.90 Å². The second kappa shape index (κ2) is 9.22. The molecule has 1 unspecified atom stereocenters. The number of alkyl halides is 3. The maximum atomic E-state index is 13.6.